The number of fused-ring (bicyclic) bond motifs is 5. The molecule has 2 aromatic rings. The molecule has 4 rings (SSSR count). The molecule has 1 saturated heterocycles. The van der Waals surface area contributed by atoms with E-state index in [1.807, 2.05) is 0 Å². The number of H-pyrrole nitrogens is 1. The molecule has 19 heavy (non-hydrogen) atoms. The molecule has 0 saturated carbocycles. The monoisotopic (exact) mass is 368 g/mol. The molecule has 1 aromatic carbocycles. The van der Waals surface area contributed by atoms with E-state index in [1.165, 1.54) is 54.2 Å². The first kappa shape index (κ1) is 13.4. The van der Waals surface area contributed by atoms with Crippen LogP contribution in [0.4, 0.5) is 0 Å². The molecule has 3 heterocycles. The number of benzene rings is 1. The lowest BCUT2D eigenvalue weighted by atomic mass is 9.88. The first-order valence-electron chi connectivity index (χ1n) is 7.22. The molecule has 2 unspecified atom stereocenters. The molecule has 0 spiro atoms. The molecule has 102 valence electrons. The van der Waals surface area contributed by atoms with E-state index in [0.29, 0.717) is 0 Å². The number of nitrogens with zero attached hydrogens (tertiary/aromatic N) is 1. The van der Waals surface area contributed by atoms with Crippen LogP contribution in [-0.2, 0) is 6.42 Å². The van der Waals surface area contributed by atoms with Crippen molar-refractivity contribution >= 4 is 10.9 Å². The second-order valence-electron chi connectivity index (χ2n) is 6.25. The van der Waals surface area contributed by atoms with Crippen molar-refractivity contribution < 1.29 is 28.5 Å². The number of aromatic nitrogens is 1. The number of hydrogen-bond acceptors (Lipinski definition) is 0. The SMILES string of the molecule is C[N+]12CCCCC1c1[nH]c3ccccc3c1CC2.[I-]. The first-order chi connectivity index (χ1) is 8.78. The Morgan fingerprint density at radius 1 is 1.16 bits per heavy atom. The number of para-hydroxylation sites is 1. The van der Waals surface area contributed by atoms with Gasteiger partial charge in [-0.2, -0.15) is 0 Å². The molecule has 2 atom stereocenters. The Labute approximate surface area is 131 Å². The highest BCUT2D eigenvalue weighted by molar-refractivity contribution is 5.85. The van der Waals surface area contributed by atoms with Gasteiger partial charge in [0, 0.05) is 23.7 Å². The van der Waals surface area contributed by atoms with Gasteiger partial charge in [-0.05, 0) is 24.5 Å². The smallest absolute Gasteiger partial charge is 0.130 e. The van der Waals surface area contributed by atoms with Gasteiger partial charge in [-0.15, -0.1) is 0 Å². The van der Waals surface area contributed by atoms with E-state index in [2.05, 4.69) is 36.3 Å². The van der Waals surface area contributed by atoms with Crippen LogP contribution in [0.1, 0.15) is 36.6 Å². The van der Waals surface area contributed by atoms with Gasteiger partial charge in [-0.1, -0.05) is 18.2 Å². The molecular formula is C16H21IN2. The minimum absolute atomic E-state index is 0. The van der Waals surface area contributed by atoms with E-state index in [9.17, 15) is 0 Å². The third-order valence-electron chi connectivity index (χ3n) is 5.20. The number of likely N-dealkylation sites (N-methyl/N-ethyl adjacent to an activating group) is 1. The average molecular weight is 368 g/mol. The van der Waals surface area contributed by atoms with E-state index in [4.69, 9.17) is 0 Å². The zero-order valence-electron chi connectivity index (χ0n) is 11.5. The molecule has 2 nitrogen and oxygen atoms in total. The second kappa shape index (κ2) is 4.77. The van der Waals surface area contributed by atoms with E-state index in [1.54, 1.807) is 11.3 Å². The lowest BCUT2D eigenvalue weighted by Gasteiger charge is -2.47. The Kier molecular flexibility index (Phi) is 3.38. The zero-order chi connectivity index (χ0) is 12.2. The van der Waals surface area contributed by atoms with Crippen molar-refractivity contribution in [2.75, 3.05) is 20.1 Å². The first-order valence-corrected chi connectivity index (χ1v) is 7.22. The predicted molar refractivity (Wildman–Crippen MR) is 74.5 cm³/mol. The topological polar surface area (TPSA) is 15.8 Å². The number of aromatic amines is 1. The van der Waals surface area contributed by atoms with Gasteiger partial charge in [0.1, 0.15) is 6.04 Å². The van der Waals surface area contributed by atoms with Crippen LogP contribution in [0.15, 0.2) is 24.3 Å². The molecule has 0 radical (unpaired) electrons. The van der Waals surface area contributed by atoms with Crippen LogP contribution < -0.4 is 24.0 Å². The average Bonchev–Trinajstić information content (AvgIpc) is 2.76. The fourth-order valence-corrected chi connectivity index (χ4v) is 4.14. The van der Waals surface area contributed by atoms with Gasteiger partial charge in [0.25, 0.3) is 0 Å². The van der Waals surface area contributed by atoms with Crippen molar-refractivity contribution in [1.29, 1.82) is 0 Å². The van der Waals surface area contributed by atoms with Gasteiger partial charge in [-0.3, -0.25) is 0 Å². The number of hydrogen-bond donors (Lipinski definition) is 1. The number of halogens is 1. The van der Waals surface area contributed by atoms with Gasteiger partial charge >= 0.3 is 0 Å². The van der Waals surface area contributed by atoms with Crippen LogP contribution in [0.5, 0.6) is 0 Å². The van der Waals surface area contributed by atoms with E-state index < -0.39 is 0 Å². The Bertz CT molecular complexity index is 604. The van der Waals surface area contributed by atoms with Gasteiger partial charge in [0.2, 0.25) is 0 Å². The maximum Gasteiger partial charge on any atom is 0.130 e. The van der Waals surface area contributed by atoms with Crippen LogP contribution in [0.3, 0.4) is 0 Å². The summed E-state index contributed by atoms with van der Waals surface area (Å²) >= 11 is 0. The van der Waals surface area contributed by atoms with Crippen LogP contribution in [0.25, 0.3) is 10.9 Å². The third-order valence-corrected chi connectivity index (χ3v) is 5.20. The summed E-state index contributed by atoms with van der Waals surface area (Å²) < 4.78 is 1.26. The van der Waals surface area contributed by atoms with E-state index in [0.717, 1.165) is 6.04 Å². The maximum absolute atomic E-state index is 3.72. The quantitative estimate of drug-likeness (QED) is 0.512. The molecule has 0 bridgehead atoms. The summed E-state index contributed by atoms with van der Waals surface area (Å²) in [5.74, 6) is 0. The molecule has 2 aliphatic rings. The summed E-state index contributed by atoms with van der Waals surface area (Å²) in [6.45, 7) is 2.68. The predicted octanol–water partition coefficient (Wildman–Crippen LogP) is 0.400. The minimum atomic E-state index is 0. The molecule has 3 heteroatoms. The summed E-state index contributed by atoms with van der Waals surface area (Å²) in [6, 6.07) is 9.53. The molecule has 1 N–H and O–H groups in total. The molecule has 0 amide bonds. The summed E-state index contributed by atoms with van der Waals surface area (Å²) in [6.07, 6.45) is 5.40. The zero-order valence-corrected chi connectivity index (χ0v) is 13.6. The summed E-state index contributed by atoms with van der Waals surface area (Å²) in [5.41, 5.74) is 4.49. The van der Waals surface area contributed by atoms with Crippen molar-refractivity contribution in [2.45, 2.75) is 31.7 Å². The number of piperidine rings is 1. The van der Waals surface area contributed by atoms with Gasteiger partial charge < -0.3 is 33.4 Å². The summed E-state index contributed by atoms with van der Waals surface area (Å²) in [4.78, 5) is 3.72. The highest BCUT2D eigenvalue weighted by atomic mass is 127. The van der Waals surface area contributed by atoms with E-state index in [-0.39, 0.29) is 24.0 Å². The van der Waals surface area contributed by atoms with Crippen LogP contribution in [-0.4, -0.2) is 29.6 Å². The third kappa shape index (κ3) is 1.93. The number of quaternary nitrogens is 1. The van der Waals surface area contributed by atoms with E-state index >= 15 is 0 Å². The van der Waals surface area contributed by atoms with Crippen molar-refractivity contribution in [3.8, 4) is 0 Å². The Balaban J connectivity index is 0.00000110. The standard InChI is InChI=1S/C16H21N2.HI/c1-18-10-5-4-8-15(18)16-13(9-11-18)12-6-2-3-7-14(12)17-16;/h2-3,6-7,15,17H,4-5,8-11H2,1H3;1H/q+1;/p-1. The molecule has 1 fully saturated rings. The van der Waals surface area contributed by atoms with Crippen LogP contribution in [0, 0.1) is 0 Å². The second-order valence-corrected chi connectivity index (χ2v) is 6.25. The fourth-order valence-electron chi connectivity index (χ4n) is 4.14. The van der Waals surface area contributed by atoms with Crippen LogP contribution in [0.2, 0.25) is 0 Å². The minimum Gasteiger partial charge on any atom is -1.00 e. The van der Waals surface area contributed by atoms with Gasteiger partial charge in [-0.25, -0.2) is 0 Å². The Morgan fingerprint density at radius 2 is 2.00 bits per heavy atom. The maximum atomic E-state index is 3.72. The summed E-state index contributed by atoms with van der Waals surface area (Å²) in [5, 5.41) is 1.46. The van der Waals surface area contributed by atoms with Crippen molar-refractivity contribution in [3.05, 3.63) is 35.5 Å². The van der Waals surface area contributed by atoms with Crippen molar-refractivity contribution in [1.82, 2.24) is 4.98 Å². The molecule has 2 aliphatic heterocycles. The largest absolute Gasteiger partial charge is 1.00 e. The fraction of sp³-hybridized carbons (Fsp3) is 0.500. The normalized spacial score (nSPS) is 29.4. The Hall–Kier alpha value is -0.550. The highest BCUT2D eigenvalue weighted by Gasteiger charge is 2.42. The van der Waals surface area contributed by atoms with Crippen molar-refractivity contribution in [3.63, 3.8) is 0 Å². The van der Waals surface area contributed by atoms with Gasteiger partial charge in [0.05, 0.1) is 25.8 Å². The lowest BCUT2D eigenvalue weighted by molar-refractivity contribution is -0.946. The number of rotatable bonds is 0. The lowest BCUT2D eigenvalue weighted by Crippen LogP contribution is -3.00. The number of nitrogens with one attached hydrogen (secondary N) is 1. The highest BCUT2D eigenvalue weighted by Crippen LogP contribution is 2.43. The molecule has 0 aliphatic carbocycles. The summed E-state index contributed by atoms with van der Waals surface area (Å²) in [7, 11) is 2.46. The molecule has 1 aromatic heterocycles. The van der Waals surface area contributed by atoms with Gasteiger partial charge in [0.15, 0.2) is 0 Å². The Morgan fingerprint density at radius 3 is 2.89 bits per heavy atom. The van der Waals surface area contributed by atoms with Crippen LogP contribution >= 0.6 is 0 Å². The van der Waals surface area contributed by atoms with Crippen molar-refractivity contribution in [2.24, 2.45) is 0 Å². The molecular weight excluding hydrogens is 347 g/mol.